The lowest BCUT2D eigenvalue weighted by molar-refractivity contribution is -0.137. The Morgan fingerprint density at radius 2 is 2.15 bits per heavy atom. The van der Waals surface area contributed by atoms with E-state index >= 15 is 0 Å². The molecular formula is C13H12ClFN2O3. The minimum atomic E-state index is -0.839. The van der Waals surface area contributed by atoms with Gasteiger partial charge in [-0.05, 0) is 25.0 Å². The van der Waals surface area contributed by atoms with Crippen LogP contribution in [0.2, 0.25) is 5.02 Å². The number of rotatable bonds is 6. The maximum atomic E-state index is 13.7. The number of nitrogens with zero attached hydrogens (tertiary/aromatic N) is 2. The molecule has 2 aromatic rings. The minimum absolute atomic E-state index is 0.0290. The van der Waals surface area contributed by atoms with Gasteiger partial charge in [0.15, 0.2) is 0 Å². The SMILES string of the molecule is O=C(O)CCCCc1nnc(-c2c(F)cccc2Cl)o1. The zero-order valence-corrected chi connectivity index (χ0v) is 11.2. The van der Waals surface area contributed by atoms with E-state index in [1.807, 2.05) is 0 Å². The van der Waals surface area contributed by atoms with Crippen molar-refractivity contribution in [1.82, 2.24) is 10.2 Å². The van der Waals surface area contributed by atoms with Crippen molar-refractivity contribution in [3.63, 3.8) is 0 Å². The zero-order valence-electron chi connectivity index (χ0n) is 10.5. The van der Waals surface area contributed by atoms with Crippen molar-refractivity contribution in [2.24, 2.45) is 0 Å². The number of unbranched alkanes of at least 4 members (excludes halogenated alkanes) is 1. The predicted octanol–water partition coefficient (Wildman–Crippen LogP) is 3.33. The van der Waals surface area contributed by atoms with Gasteiger partial charge in [-0.15, -0.1) is 10.2 Å². The van der Waals surface area contributed by atoms with E-state index in [2.05, 4.69) is 10.2 Å². The van der Waals surface area contributed by atoms with Gasteiger partial charge in [0.1, 0.15) is 5.82 Å². The largest absolute Gasteiger partial charge is 0.481 e. The summed E-state index contributed by atoms with van der Waals surface area (Å²) in [6.07, 6.45) is 1.68. The van der Waals surface area contributed by atoms with Crippen molar-refractivity contribution in [3.05, 3.63) is 34.9 Å². The molecule has 20 heavy (non-hydrogen) atoms. The maximum Gasteiger partial charge on any atom is 0.303 e. The molecule has 0 aliphatic rings. The highest BCUT2D eigenvalue weighted by molar-refractivity contribution is 6.33. The quantitative estimate of drug-likeness (QED) is 0.828. The second-order valence-corrected chi connectivity index (χ2v) is 4.61. The molecule has 1 aromatic carbocycles. The maximum absolute atomic E-state index is 13.7. The molecular weight excluding hydrogens is 287 g/mol. The van der Waals surface area contributed by atoms with Gasteiger partial charge >= 0.3 is 5.97 Å². The third kappa shape index (κ3) is 3.54. The second-order valence-electron chi connectivity index (χ2n) is 4.20. The number of carboxylic acids is 1. The topological polar surface area (TPSA) is 76.2 Å². The van der Waals surface area contributed by atoms with Crippen molar-refractivity contribution in [3.8, 4) is 11.5 Å². The number of hydrogen-bond donors (Lipinski definition) is 1. The number of aromatic nitrogens is 2. The first kappa shape index (κ1) is 14.5. The number of carbonyl (C=O) groups is 1. The molecule has 1 heterocycles. The van der Waals surface area contributed by atoms with Crippen LogP contribution in [-0.4, -0.2) is 21.3 Å². The van der Waals surface area contributed by atoms with Gasteiger partial charge in [-0.3, -0.25) is 4.79 Å². The number of carboxylic acid groups (broad SMARTS) is 1. The Morgan fingerprint density at radius 1 is 1.35 bits per heavy atom. The molecule has 0 aliphatic carbocycles. The Morgan fingerprint density at radius 3 is 2.85 bits per heavy atom. The van der Waals surface area contributed by atoms with Crippen LogP contribution in [0.5, 0.6) is 0 Å². The third-order valence-electron chi connectivity index (χ3n) is 2.67. The highest BCUT2D eigenvalue weighted by Gasteiger charge is 2.16. The summed E-state index contributed by atoms with van der Waals surface area (Å²) in [6.45, 7) is 0. The average molecular weight is 299 g/mol. The van der Waals surface area contributed by atoms with Crippen LogP contribution in [0.15, 0.2) is 22.6 Å². The molecule has 2 rings (SSSR count). The second kappa shape index (κ2) is 6.47. The molecule has 0 fully saturated rings. The van der Waals surface area contributed by atoms with E-state index in [4.69, 9.17) is 21.1 Å². The summed E-state index contributed by atoms with van der Waals surface area (Å²) >= 11 is 5.90. The van der Waals surface area contributed by atoms with Crippen LogP contribution in [-0.2, 0) is 11.2 Å². The van der Waals surface area contributed by atoms with E-state index in [0.717, 1.165) is 0 Å². The fourth-order valence-corrected chi connectivity index (χ4v) is 1.95. The zero-order chi connectivity index (χ0) is 14.5. The van der Waals surface area contributed by atoms with Crippen LogP contribution in [0.4, 0.5) is 4.39 Å². The van der Waals surface area contributed by atoms with Gasteiger partial charge in [-0.1, -0.05) is 17.7 Å². The molecule has 0 spiro atoms. The molecule has 5 nitrogen and oxygen atoms in total. The van der Waals surface area contributed by atoms with E-state index in [-0.39, 0.29) is 22.9 Å². The molecule has 106 valence electrons. The summed E-state index contributed by atoms with van der Waals surface area (Å²) < 4.78 is 19.0. The lowest BCUT2D eigenvalue weighted by Crippen LogP contribution is -1.95. The van der Waals surface area contributed by atoms with Gasteiger partial charge in [0.2, 0.25) is 5.89 Å². The molecule has 7 heteroatoms. The normalized spacial score (nSPS) is 10.7. The molecule has 1 aromatic heterocycles. The molecule has 0 saturated carbocycles. The number of hydrogen-bond acceptors (Lipinski definition) is 4. The average Bonchev–Trinajstić information content (AvgIpc) is 2.83. The molecule has 0 aliphatic heterocycles. The smallest absolute Gasteiger partial charge is 0.303 e. The number of aliphatic carboxylic acids is 1. The van der Waals surface area contributed by atoms with E-state index < -0.39 is 11.8 Å². The Bertz CT molecular complexity index is 595. The Labute approximate surface area is 119 Å². The minimum Gasteiger partial charge on any atom is -0.481 e. The van der Waals surface area contributed by atoms with Gasteiger partial charge < -0.3 is 9.52 Å². The van der Waals surface area contributed by atoms with Crippen molar-refractivity contribution >= 4 is 17.6 Å². The van der Waals surface area contributed by atoms with Crippen molar-refractivity contribution in [2.45, 2.75) is 25.7 Å². The summed E-state index contributed by atoms with van der Waals surface area (Å²) in [5.41, 5.74) is 0.0819. The van der Waals surface area contributed by atoms with E-state index in [0.29, 0.717) is 25.2 Å². The van der Waals surface area contributed by atoms with E-state index in [1.165, 1.54) is 18.2 Å². The molecule has 0 radical (unpaired) electrons. The summed E-state index contributed by atoms with van der Waals surface area (Å²) in [4.78, 5) is 10.4. The summed E-state index contributed by atoms with van der Waals surface area (Å²) in [6, 6.07) is 4.29. The van der Waals surface area contributed by atoms with Crippen molar-refractivity contribution in [2.75, 3.05) is 0 Å². The Hall–Kier alpha value is -1.95. The summed E-state index contributed by atoms with van der Waals surface area (Å²) in [5, 5.41) is 16.3. The lowest BCUT2D eigenvalue weighted by Gasteiger charge is -1.99. The molecule has 0 bridgehead atoms. The summed E-state index contributed by atoms with van der Waals surface area (Å²) in [5.74, 6) is -1.00. The predicted molar refractivity (Wildman–Crippen MR) is 69.9 cm³/mol. The highest BCUT2D eigenvalue weighted by atomic mass is 35.5. The van der Waals surface area contributed by atoms with Gasteiger partial charge in [-0.2, -0.15) is 0 Å². The van der Waals surface area contributed by atoms with Crippen LogP contribution in [0.25, 0.3) is 11.5 Å². The molecule has 0 atom stereocenters. The fraction of sp³-hybridized carbons (Fsp3) is 0.308. The van der Waals surface area contributed by atoms with Gasteiger partial charge in [-0.25, -0.2) is 4.39 Å². The third-order valence-corrected chi connectivity index (χ3v) is 2.99. The molecule has 0 amide bonds. The van der Waals surface area contributed by atoms with Crippen molar-refractivity contribution < 1.29 is 18.7 Å². The highest BCUT2D eigenvalue weighted by Crippen LogP contribution is 2.29. The molecule has 0 unspecified atom stereocenters. The van der Waals surface area contributed by atoms with Gasteiger partial charge in [0.05, 0.1) is 10.6 Å². The summed E-state index contributed by atoms with van der Waals surface area (Å²) in [7, 11) is 0. The molecule has 0 saturated heterocycles. The Balaban J connectivity index is 2.04. The van der Waals surface area contributed by atoms with Crippen LogP contribution < -0.4 is 0 Å². The monoisotopic (exact) mass is 298 g/mol. The van der Waals surface area contributed by atoms with Crippen molar-refractivity contribution in [1.29, 1.82) is 0 Å². The van der Waals surface area contributed by atoms with Crippen LogP contribution >= 0.6 is 11.6 Å². The number of benzene rings is 1. The number of aryl methyl sites for hydroxylation is 1. The van der Waals surface area contributed by atoms with Gasteiger partial charge in [0.25, 0.3) is 5.89 Å². The first-order valence-electron chi connectivity index (χ1n) is 6.06. The van der Waals surface area contributed by atoms with Gasteiger partial charge in [0, 0.05) is 12.8 Å². The standard InChI is InChI=1S/C13H12ClFN2O3/c14-8-4-3-5-9(15)12(8)13-17-16-10(20-13)6-1-2-7-11(18)19/h3-5H,1-2,6-7H2,(H,18,19). The number of halogens is 2. The molecule has 1 N–H and O–H groups in total. The van der Waals surface area contributed by atoms with Crippen LogP contribution in [0.1, 0.15) is 25.2 Å². The lowest BCUT2D eigenvalue weighted by atomic mass is 10.2. The van der Waals surface area contributed by atoms with Crippen LogP contribution in [0.3, 0.4) is 0 Å². The first-order chi connectivity index (χ1) is 9.58. The fourth-order valence-electron chi connectivity index (χ4n) is 1.71. The Kier molecular flexibility index (Phi) is 4.68. The van der Waals surface area contributed by atoms with Crippen LogP contribution in [0, 0.1) is 5.82 Å². The van der Waals surface area contributed by atoms with E-state index in [1.54, 1.807) is 0 Å². The first-order valence-corrected chi connectivity index (χ1v) is 6.44. The van der Waals surface area contributed by atoms with E-state index in [9.17, 15) is 9.18 Å².